The van der Waals surface area contributed by atoms with E-state index in [4.69, 9.17) is 17.3 Å². The number of carbonyl (C=O) groups excluding carboxylic acids is 1. The summed E-state index contributed by atoms with van der Waals surface area (Å²) in [5.74, 6) is 0.651. The average Bonchev–Trinajstić information content (AvgIpc) is 2.98. The molecule has 0 fully saturated rings. The number of nitrogens with zero attached hydrogens (tertiary/aromatic N) is 3. The highest BCUT2D eigenvalue weighted by molar-refractivity contribution is 7.98. The van der Waals surface area contributed by atoms with Gasteiger partial charge in [-0.25, -0.2) is 4.98 Å². The van der Waals surface area contributed by atoms with E-state index in [1.807, 2.05) is 24.3 Å². The number of rotatable bonds is 6. The van der Waals surface area contributed by atoms with Crippen molar-refractivity contribution in [3.05, 3.63) is 59.0 Å². The van der Waals surface area contributed by atoms with Crippen LogP contribution in [-0.2, 0) is 5.75 Å². The van der Waals surface area contributed by atoms with Crippen LogP contribution in [-0.4, -0.2) is 20.2 Å². The molecule has 24 heavy (non-hydrogen) atoms. The van der Waals surface area contributed by atoms with Gasteiger partial charge < -0.3 is 11.1 Å². The maximum Gasteiger partial charge on any atom is 0.254 e. The van der Waals surface area contributed by atoms with Crippen molar-refractivity contribution in [3.63, 3.8) is 0 Å². The zero-order valence-corrected chi connectivity index (χ0v) is 14.7. The Labute approximate surface area is 151 Å². The lowest BCUT2D eigenvalue weighted by Crippen LogP contribution is -2.13. The first-order valence-electron chi connectivity index (χ1n) is 6.83. The largest absolute Gasteiger partial charge is 0.365 e. The second kappa shape index (κ2) is 7.61. The normalized spacial score (nSPS) is 10.5. The van der Waals surface area contributed by atoms with Gasteiger partial charge in [0, 0.05) is 23.2 Å². The van der Waals surface area contributed by atoms with E-state index in [2.05, 4.69) is 19.7 Å². The van der Waals surface area contributed by atoms with Crippen molar-refractivity contribution < 1.29 is 4.79 Å². The number of hydrogen-bond donors (Lipinski definition) is 2. The van der Waals surface area contributed by atoms with Crippen molar-refractivity contribution in [2.75, 3.05) is 5.32 Å². The van der Waals surface area contributed by atoms with Gasteiger partial charge in [-0.2, -0.15) is 4.37 Å². The summed E-state index contributed by atoms with van der Waals surface area (Å²) in [7, 11) is 0. The molecular formula is C15H12ClN5OS2. The molecule has 0 aliphatic carbocycles. The van der Waals surface area contributed by atoms with E-state index in [1.54, 1.807) is 18.6 Å². The lowest BCUT2D eigenvalue weighted by atomic mass is 10.2. The van der Waals surface area contributed by atoms with Crippen molar-refractivity contribution in [1.82, 2.24) is 14.3 Å². The summed E-state index contributed by atoms with van der Waals surface area (Å²) in [6.45, 7) is 0. The van der Waals surface area contributed by atoms with Crippen LogP contribution in [0.5, 0.6) is 0 Å². The summed E-state index contributed by atoms with van der Waals surface area (Å²) in [6.07, 6.45) is 4.69. The molecule has 1 amide bonds. The molecule has 0 atom stereocenters. The van der Waals surface area contributed by atoms with Gasteiger partial charge in [-0.05, 0) is 29.2 Å². The zero-order chi connectivity index (χ0) is 16.9. The Kier molecular flexibility index (Phi) is 5.29. The van der Waals surface area contributed by atoms with Crippen LogP contribution in [0.4, 0.5) is 10.8 Å². The summed E-state index contributed by atoms with van der Waals surface area (Å²) in [4.78, 5) is 19.9. The van der Waals surface area contributed by atoms with Crippen LogP contribution in [0, 0.1) is 0 Å². The molecule has 9 heteroatoms. The van der Waals surface area contributed by atoms with Gasteiger partial charge >= 0.3 is 0 Å². The summed E-state index contributed by atoms with van der Waals surface area (Å²) in [5, 5.41) is 4.87. The molecule has 3 aromatic rings. The molecule has 0 bridgehead atoms. The van der Waals surface area contributed by atoms with Gasteiger partial charge in [0.25, 0.3) is 5.91 Å². The highest BCUT2D eigenvalue weighted by atomic mass is 35.5. The highest BCUT2D eigenvalue weighted by Crippen LogP contribution is 2.34. The Morgan fingerprint density at radius 1 is 1.29 bits per heavy atom. The van der Waals surface area contributed by atoms with Gasteiger partial charge in [0.05, 0.1) is 6.20 Å². The molecule has 3 N–H and O–H groups in total. The minimum Gasteiger partial charge on any atom is -0.365 e. The lowest BCUT2D eigenvalue weighted by molar-refractivity contribution is 0.0998. The third kappa shape index (κ3) is 4.02. The monoisotopic (exact) mass is 377 g/mol. The fourth-order valence-corrected chi connectivity index (χ4v) is 3.95. The number of primary amides is 1. The van der Waals surface area contributed by atoms with Crippen molar-refractivity contribution >= 4 is 51.6 Å². The molecule has 122 valence electrons. The topological polar surface area (TPSA) is 93.8 Å². The number of benzene rings is 1. The van der Waals surface area contributed by atoms with E-state index in [1.165, 1.54) is 23.3 Å². The second-order valence-electron chi connectivity index (χ2n) is 4.69. The van der Waals surface area contributed by atoms with Crippen LogP contribution < -0.4 is 11.1 Å². The molecule has 6 nitrogen and oxygen atoms in total. The van der Waals surface area contributed by atoms with Crippen LogP contribution in [0.25, 0.3) is 0 Å². The molecule has 0 spiro atoms. The third-order valence-electron chi connectivity index (χ3n) is 3.00. The predicted molar refractivity (Wildman–Crippen MR) is 97.0 cm³/mol. The van der Waals surface area contributed by atoms with E-state index in [0.717, 1.165) is 5.56 Å². The van der Waals surface area contributed by atoms with Crippen LogP contribution in [0.1, 0.15) is 15.9 Å². The first kappa shape index (κ1) is 16.7. The number of nitrogens with two attached hydrogens (primary N) is 1. The summed E-state index contributed by atoms with van der Waals surface area (Å²) >= 11 is 8.49. The molecule has 3 rings (SSSR count). The number of aromatic nitrogens is 3. The molecule has 0 saturated carbocycles. The molecule has 0 saturated heterocycles. The van der Waals surface area contributed by atoms with Gasteiger partial charge in [0.15, 0.2) is 0 Å². The fourth-order valence-electron chi connectivity index (χ4n) is 1.89. The van der Waals surface area contributed by atoms with Crippen molar-refractivity contribution in [1.29, 1.82) is 0 Å². The van der Waals surface area contributed by atoms with Gasteiger partial charge in [0.2, 0.25) is 0 Å². The molecule has 1 aromatic carbocycles. The lowest BCUT2D eigenvalue weighted by Gasteiger charge is -2.04. The highest BCUT2D eigenvalue weighted by Gasteiger charge is 2.19. The number of anilines is 2. The number of hydrogen-bond acceptors (Lipinski definition) is 7. The predicted octanol–water partition coefficient (Wildman–Crippen LogP) is 3.72. The van der Waals surface area contributed by atoms with E-state index in [9.17, 15) is 4.79 Å². The van der Waals surface area contributed by atoms with Crippen LogP contribution in [0.15, 0.2) is 47.9 Å². The number of carbonyl (C=O) groups is 1. The van der Waals surface area contributed by atoms with Crippen LogP contribution in [0.3, 0.4) is 0 Å². The smallest absolute Gasteiger partial charge is 0.254 e. The van der Waals surface area contributed by atoms with E-state index < -0.39 is 5.91 Å². The van der Waals surface area contributed by atoms with Crippen LogP contribution >= 0.6 is 34.9 Å². The van der Waals surface area contributed by atoms with E-state index in [-0.39, 0.29) is 0 Å². The molecular weight excluding hydrogens is 366 g/mol. The van der Waals surface area contributed by atoms with Crippen molar-refractivity contribution in [3.8, 4) is 0 Å². The fraction of sp³-hybridized carbons (Fsp3) is 0.0667. The second-order valence-corrected chi connectivity index (χ2v) is 6.86. The zero-order valence-electron chi connectivity index (χ0n) is 12.3. The number of nitrogens with one attached hydrogen (secondary N) is 1. The van der Waals surface area contributed by atoms with Crippen molar-refractivity contribution in [2.24, 2.45) is 5.73 Å². The summed E-state index contributed by atoms with van der Waals surface area (Å²) in [6, 6.07) is 7.53. The minimum absolute atomic E-state index is 0.365. The molecule has 2 aromatic heterocycles. The quantitative estimate of drug-likeness (QED) is 0.636. The summed E-state index contributed by atoms with van der Waals surface area (Å²) < 4.78 is 4.33. The van der Waals surface area contributed by atoms with E-state index >= 15 is 0 Å². The number of amides is 1. The first-order valence-corrected chi connectivity index (χ1v) is 8.97. The Bertz CT molecular complexity index is 839. The standard InChI is InChI=1S/C15H12ClN5OS2/c16-10-3-1-9(2-4-10)8-23-15-12(13(17)22)14(24-21-15)20-11-7-18-5-6-19-11/h1-7H,8H2,(H2,17,22)(H,19,20). The summed E-state index contributed by atoms with van der Waals surface area (Å²) in [5.41, 5.74) is 6.97. The van der Waals surface area contributed by atoms with Crippen molar-refractivity contribution in [2.45, 2.75) is 10.8 Å². The Hall–Kier alpha value is -2.16. The Balaban J connectivity index is 1.78. The van der Waals surface area contributed by atoms with Gasteiger partial charge in [-0.3, -0.25) is 9.78 Å². The van der Waals surface area contributed by atoms with Gasteiger partial charge in [-0.1, -0.05) is 35.5 Å². The Morgan fingerprint density at radius 2 is 2.08 bits per heavy atom. The molecule has 2 heterocycles. The molecule has 0 aliphatic rings. The Morgan fingerprint density at radius 3 is 2.75 bits per heavy atom. The van der Waals surface area contributed by atoms with Gasteiger partial charge in [-0.15, -0.1) is 0 Å². The maximum atomic E-state index is 11.8. The number of thioether (sulfide) groups is 1. The first-order chi connectivity index (χ1) is 11.6. The SMILES string of the molecule is NC(=O)c1c(SCc2ccc(Cl)cc2)nsc1Nc1cnccn1. The van der Waals surface area contributed by atoms with Crippen LogP contribution in [0.2, 0.25) is 5.02 Å². The molecule has 0 unspecified atom stereocenters. The van der Waals surface area contributed by atoms with Gasteiger partial charge in [0.1, 0.15) is 21.4 Å². The minimum atomic E-state index is -0.534. The third-order valence-corrected chi connectivity index (χ3v) is 5.18. The van der Waals surface area contributed by atoms with E-state index in [0.29, 0.717) is 32.2 Å². The molecule has 0 aliphatic heterocycles. The number of halogens is 1. The molecule has 0 radical (unpaired) electrons. The average molecular weight is 378 g/mol. The maximum absolute atomic E-state index is 11.8.